The van der Waals surface area contributed by atoms with Gasteiger partial charge >= 0.3 is 0 Å². The first-order valence-electron chi connectivity index (χ1n) is 6.44. The molecule has 1 atom stereocenters. The number of nitrogens with one attached hydrogen (secondary N) is 2. The lowest BCUT2D eigenvalue weighted by Crippen LogP contribution is -2.31. The van der Waals surface area contributed by atoms with Crippen molar-refractivity contribution in [3.63, 3.8) is 0 Å². The summed E-state index contributed by atoms with van der Waals surface area (Å²) in [5.74, 6) is -0.0613. The first-order chi connectivity index (χ1) is 9.54. The lowest BCUT2D eigenvalue weighted by atomic mass is 10.2. The summed E-state index contributed by atoms with van der Waals surface area (Å²) in [4.78, 5) is 12.1. The van der Waals surface area contributed by atoms with E-state index in [0.29, 0.717) is 0 Å². The summed E-state index contributed by atoms with van der Waals surface area (Å²) in [6.45, 7) is 3.87. The molecule has 0 fully saturated rings. The maximum absolute atomic E-state index is 12.1. The van der Waals surface area contributed by atoms with Gasteiger partial charge in [-0.05, 0) is 55.8 Å². The van der Waals surface area contributed by atoms with Gasteiger partial charge in [0.25, 0.3) is 0 Å². The molecule has 0 saturated carbocycles. The molecule has 20 heavy (non-hydrogen) atoms. The van der Waals surface area contributed by atoms with Crippen molar-refractivity contribution in [1.29, 1.82) is 0 Å². The number of rotatable bonds is 4. The van der Waals surface area contributed by atoms with Gasteiger partial charge in [0.1, 0.15) is 6.04 Å². The zero-order valence-electron chi connectivity index (χ0n) is 11.5. The van der Waals surface area contributed by atoms with Crippen LogP contribution in [0.3, 0.4) is 0 Å². The van der Waals surface area contributed by atoms with Gasteiger partial charge in [0.15, 0.2) is 0 Å². The van der Waals surface area contributed by atoms with Gasteiger partial charge in [-0.25, -0.2) is 0 Å². The molecule has 0 saturated heterocycles. The molecule has 0 bridgehead atoms. The van der Waals surface area contributed by atoms with E-state index in [0.717, 1.165) is 21.4 Å². The molecular formula is C16H17BrN2O. The highest BCUT2D eigenvalue weighted by Crippen LogP contribution is 2.15. The lowest BCUT2D eigenvalue weighted by Gasteiger charge is -2.15. The van der Waals surface area contributed by atoms with Crippen molar-refractivity contribution in [2.24, 2.45) is 0 Å². The molecule has 2 rings (SSSR count). The van der Waals surface area contributed by atoms with Crippen molar-refractivity contribution >= 4 is 33.2 Å². The van der Waals surface area contributed by atoms with E-state index in [2.05, 4.69) is 26.6 Å². The molecular weight excluding hydrogens is 316 g/mol. The third kappa shape index (κ3) is 4.10. The third-order valence-electron chi connectivity index (χ3n) is 2.91. The van der Waals surface area contributed by atoms with E-state index in [4.69, 9.17) is 0 Å². The van der Waals surface area contributed by atoms with Crippen LogP contribution in [-0.4, -0.2) is 11.9 Å². The molecule has 0 aliphatic rings. The molecule has 3 nitrogen and oxygen atoms in total. The smallest absolute Gasteiger partial charge is 0.246 e. The number of aryl methyl sites for hydroxylation is 1. The van der Waals surface area contributed by atoms with Crippen LogP contribution in [0.5, 0.6) is 0 Å². The van der Waals surface area contributed by atoms with Crippen LogP contribution >= 0.6 is 15.9 Å². The monoisotopic (exact) mass is 332 g/mol. The maximum atomic E-state index is 12.1. The SMILES string of the molecule is Cc1cccc(NC(C)C(=O)Nc2ccc(Br)cc2)c1. The van der Waals surface area contributed by atoms with Gasteiger partial charge in [-0.1, -0.05) is 28.1 Å². The van der Waals surface area contributed by atoms with Crippen molar-refractivity contribution in [3.05, 3.63) is 58.6 Å². The average Bonchev–Trinajstić information content (AvgIpc) is 2.41. The van der Waals surface area contributed by atoms with Crippen molar-refractivity contribution in [2.75, 3.05) is 10.6 Å². The molecule has 2 N–H and O–H groups in total. The van der Waals surface area contributed by atoms with E-state index in [1.54, 1.807) is 0 Å². The summed E-state index contributed by atoms with van der Waals surface area (Å²) in [7, 11) is 0. The van der Waals surface area contributed by atoms with Crippen molar-refractivity contribution < 1.29 is 4.79 Å². The molecule has 2 aromatic rings. The van der Waals surface area contributed by atoms with Crippen LogP contribution in [-0.2, 0) is 4.79 Å². The first-order valence-corrected chi connectivity index (χ1v) is 7.23. The number of carbonyl (C=O) groups excluding carboxylic acids is 1. The summed E-state index contributed by atoms with van der Waals surface area (Å²) in [5.41, 5.74) is 2.90. The fourth-order valence-electron chi connectivity index (χ4n) is 1.83. The van der Waals surface area contributed by atoms with Gasteiger partial charge < -0.3 is 10.6 Å². The van der Waals surface area contributed by atoms with E-state index in [1.165, 1.54) is 0 Å². The van der Waals surface area contributed by atoms with E-state index < -0.39 is 0 Å². The van der Waals surface area contributed by atoms with Gasteiger partial charge in [0.2, 0.25) is 5.91 Å². The number of anilines is 2. The van der Waals surface area contributed by atoms with Crippen molar-refractivity contribution in [3.8, 4) is 0 Å². The molecule has 0 aromatic heterocycles. The predicted octanol–water partition coefficient (Wildman–Crippen LogP) is 4.20. The number of amides is 1. The molecule has 2 aromatic carbocycles. The zero-order valence-corrected chi connectivity index (χ0v) is 13.1. The topological polar surface area (TPSA) is 41.1 Å². The first kappa shape index (κ1) is 14.6. The normalized spacial score (nSPS) is 11.8. The Morgan fingerprint density at radius 3 is 2.45 bits per heavy atom. The van der Waals surface area contributed by atoms with Crippen molar-refractivity contribution in [2.45, 2.75) is 19.9 Å². The summed E-state index contributed by atoms with van der Waals surface area (Å²) in [5, 5.41) is 6.07. The molecule has 4 heteroatoms. The maximum Gasteiger partial charge on any atom is 0.246 e. The van der Waals surface area contributed by atoms with Gasteiger partial charge in [-0.3, -0.25) is 4.79 Å². The van der Waals surface area contributed by atoms with E-state index in [9.17, 15) is 4.79 Å². The second kappa shape index (κ2) is 6.57. The Morgan fingerprint density at radius 1 is 1.10 bits per heavy atom. The van der Waals surface area contributed by atoms with E-state index in [1.807, 2.05) is 62.4 Å². The second-order valence-corrected chi connectivity index (χ2v) is 5.65. The average molecular weight is 333 g/mol. The second-order valence-electron chi connectivity index (χ2n) is 4.73. The van der Waals surface area contributed by atoms with Crippen molar-refractivity contribution in [1.82, 2.24) is 0 Å². The molecule has 0 radical (unpaired) electrons. The molecule has 0 heterocycles. The molecule has 0 spiro atoms. The Bertz CT molecular complexity index is 596. The van der Waals surface area contributed by atoms with Gasteiger partial charge in [-0.15, -0.1) is 0 Å². The third-order valence-corrected chi connectivity index (χ3v) is 3.43. The number of halogens is 1. The summed E-state index contributed by atoms with van der Waals surface area (Å²) < 4.78 is 0.987. The quantitative estimate of drug-likeness (QED) is 0.881. The number of benzene rings is 2. The number of hydrogen-bond donors (Lipinski definition) is 2. The summed E-state index contributed by atoms with van der Waals surface area (Å²) in [6.07, 6.45) is 0. The van der Waals surface area contributed by atoms with Crippen LogP contribution in [0, 0.1) is 6.92 Å². The Balaban J connectivity index is 1.96. The lowest BCUT2D eigenvalue weighted by molar-refractivity contribution is -0.116. The van der Waals surface area contributed by atoms with Gasteiger partial charge in [0, 0.05) is 15.8 Å². The van der Waals surface area contributed by atoms with Crippen LogP contribution in [0.2, 0.25) is 0 Å². The Labute approximate surface area is 127 Å². The largest absolute Gasteiger partial charge is 0.374 e. The fraction of sp³-hybridized carbons (Fsp3) is 0.188. The number of hydrogen-bond acceptors (Lipinski definition) is 2. The molecule has 104 valence electrons. The van der Waals surface area contributed by atoms with Gasteiger partial charge in [0.05, 0.1) is 0 Å². The number of carbonyl (C=O) groups is 1. The van der Waals surface area contributed by atoms with Crippen LogP contribution in [0.15, 0.2) is 53.0 Å². The van der Waals surface area contributed by atoms with Crippen LogP contribution in [0.4, 0.5) is 11.4 Å². The Morgan fingerprint density at radius 2 is 1.80 bits per heavy atom. The highest BCUT2D eigenvalue weighted by molar-refractivity contribution is 9.10. The van der Waals surface area contributed by atoms with Crippen LogP contribution in [0.25, 0.3) is 0 Å². The van der Waals surface area contributed by atoms with E-state index in [-0.39, 0.29) is 11.9 Å². The fourth-order valence-corrected chi connectivity index (χ4v) is 2.10. The Kier molecular flexibility index (Phi) is 4.79. The minimum atomic E-state index is -0.305. The highest BCUT2D eigenvalue weighted by atomic mass is 79.9. The molecule has 0 aliphatic carbocycles. The molecule has 1 unspecified atom stereocenters. The predicted molar refractivity (Wildman–Crippen MR) is 87.0 cm³/mol. The van der Waals surface area contributed by atoms with Crippen LogP contribution in [0.1, 0.15) is 12.5 Å². The highest BCUT2D eigenvalue weighted by Gasteiger charge is 2.12. The standard InChI is InChI=1S/C16H17BrN2O/c1-11-4-3-5-15(10-11)18-12(2)16(20)19-14-8-6-13(17)7-9-14/h3-10,12,18H,1-2H3,(H,19,20). The zero-order chi connectivity index (χ0) is 14.5. The molecule has 1 amide bonds. The minimum absolute atomic E-state index is 0.0613. The molecule has 0 aliphatic heterocycles. The van der Waals surface area contributed by atoms with E-state index >= 15 is 0 Å². The summed E-state index contributed by atoms with van der Waals surface area (Å²) in [6, 6.07) is 15.2. The van der Waals surface area contributed by atoms with Crippen LogP contribution < -0.4 is 10.6 Å². The van der Waals surface area contributed by atoms with Gasteiger partial charge in [-0.2, -0.15) is 0 Å². The minimum Gasteiger partial charge on any atom is -0.374 e. The summed E-state index contributed by atoms with van der Waals surface area (Å²) >= 11 is 3.37. The Hall–Kier alpha value is -1.81.